The summed E-state index contributed by atoms with van der Waals surface area (Å²) in [7, 11) is 0. The van der Waals surface area contributed by atoms with Crippen molar-refractivity contribution < 1.29 is 4.79 Å². The van der Waals surface area contributed by atoms with Gasteiger partial charge in [-0.2, -0.15) is 4.99 Å². The second kappa shape index (κ2) is 5.40. The van der Waals surface area contributed by atoms with Gasteiger partial charge < -0.3 is 22.1 Å². The minimum atomic E-state index is -0.478. The molecular weight excluding hydrogens is 306 g/mol. The first-order valence-corrected chi connectivity index (χ1v) is 8.25. The molecule has 1 saturated carbocycles. The first-order valence-electron chi connectivity index (χ1n) is 8.25. The molecule has 3 aliphatic rings. The molecule has 0 bridgehead atoms. The fourth-order valence-electron chi connectivity index (χ4n) is 3.79. The zero-order valence-corrected chi connectivity index (χ0v) is 13.4. The van der Waals surface area contributed by atoms with E-state index in [4.69, 9.17) is 11.5 Å². The lowest BCUT2D eigenvalue weighted by molar-refractivity contribution is -0.114. The van der Waals surface area contributed by atoms with Crippen LogP contribution in [-0.2, 0) is 4.79 Å². The topological polar surface area (TPSA) is 121 Å². The van der Waals surface area contributed by atoms with Crippen LogP contribution < -0.4 is 27.0 Å². The third kappa shape index (κ3) is 2.34. The van der Waals surface area contributed by atoms with E-state index in [9.17, 15) is 4.79 Å². The normalized spacial score (nSPS) is 22.2. The number of aliphatic imine (C=N–C) groups is 2. The second-order valence-electron chi connectivity index (χ2n) is 6.45. The molecule has 0 saturated heterocycles. The predicted molar refractivity (Wildman–Crippen MR) is 95.1 cm³/mol. The lowest BCUT2D eigenvalue weighted by atomic mass is 9.87. The third-order valence-corrected chi connectivity index (χ3v) is 4.83. The molecule has 1 fully saturated rings. The van der Waals surface area contributed by atoms with Crippen molar-refractivity contribution in [3.63, 3.8) is 0 Å². The van der Waals surface area contributed by atoms with E-state index in [1.807, 2.05) is 23.1 Å². The minimum Gasteiger partial charge on any atom is -0.374 e. The SMILES string of the molecule is NC1=NC2(CCCCC2)N(c2ccc3c(c2)NC(=O)CN3)C(N)=N1. The Bertz CT molecular complexity index is 749. The number of benzene rings is 1. The molecule has 0 atom stereocenters. The van der Waals surface area contributed by atoms with Crippen LogP contribution in [0.3, 0.4) is 0 Å². The van der Waals surface area contributed by atoms with Crippen molar-refractivity contribution in [1.82, 2.24) is 0 Å². The molecule has 1 aromatic carbocycles. The molecule has 2 aliphatic heterocycles. The number of carbonyl (C=O) groups is 1. The van der Waals surface area contributed by atoms with Gasteiger partial charge in [0.15, 0.2) is 0 Å². The molecule has 1 amide bonds. The van der Waals surface area contributed by atoms with Crippen LogP contribution in [-0.4, -0.2) is 30.0 Å². The highest BCUT2D eigenvalue weighted by atomic mass is 16.2. The first kappa shape index (κ1) is 14.8. The molecule has 4 rings (SSSR count). The smallest absolute Gasteiger partial charge is 0.243 e. The van der Waals surface area contributed by atoms with E-state index < -0.39 is 5.66 Å². The van der Waals surface area contributed by atoms with Crippen LogP contribution >= 0.6 is 0 Å². The summed E-state index contributed by atoms with van der Waals surface area (Å²) in [5.41, 5.74) is 14.1. The minimum absolute atomic E-state index is 0.0606. The Hall–Kier alpha value is -2.77. The van der Waals surface area contributed by atoms with Crippen LogP contribution in [0.1, 0.15) is 32.1 Å². The standard InChI is InChI=1S/C16H21N7O/c17-14-21-15(18)23(16(22-14)6-2-1-3-7-16)10-4-5-11-12(8-10)20-13(24)9-19-11/h4-5,8,19H,1-3,6-7,9H2,(H,20,24)(H4,17,18,21,22). The summed E-state index contributed by atoms with van der Waals surface area (Å²) >= 11 is 0. The molecule has 1 aliphatic carbocycles. The number of nitrogens with two attached hydrogens (primary N) is 2. The first-order chi connectivity index (χ1) is 11.6. The summed E-state index contributed by atoms with van der Waals surface area (Å²) in [5.74, 6) is 0.521. The van der Waals surface area contributed by atoms with Crippen LogP contribution in [0.5, 0.6) is 0 Å². The fourth-order valence-corrected chi connectivity index (χ4v) is 3.79. The van der Waals surface area contributed by atoms with E-state index >= 15 is 0 Å². The highest BCUT2D eigenvalue weighted by Gasteiger charge is 2.42. The van der Waals surface area contributed by atoms with Gasteiger partial charge in [-0.3, -0.25) is 9.69 Å². The highest BCUT2D eigenvalue weighted by molar-refractivity contribution is 6.07. The summed E-state index contributed by atoms with van der Waals surface area (Å²) < 4.78 is 0. The van der Waals surface area contributed by atoms with Gasteiger partial charge in [-0.15, -0.1) is 0 Å². The average molecular weight is 327 g/mol. The zero-order valence-electron chi connectivity index (χ0n) is 13.4. The fraction of sp³-hybridized carbons (Fsp3) is 0.438. The number of nitrogens with one attached hydrogen (secondary N) is 2. The monoisotopic (exact) mass is 327 g/mol. The van der Waals surface area contributed by atoms with Crippen molar-refractivity contribution in [3.05, 3.63) is 18.2 Å². The van der Waals surface area contributed by atoms with Crippen molar-refractivity contribution in [1.29, 1.82) is 0 Å². The Kier molecular flexibility index (Phi) is 3.33. The molecule has 2 heterocycles. The van der Waals surface area contributed by atoms with Gasteiger partial charge in [0.2, 0.25) is 17.8 Å². The van der Waals surface area contributed by atoms with Crippen molar-refractivity contribution >= 4 is 34.9 Å². The lowest BCUT2D eigenvalue weighted by Gasteiger charge is -2.45. The van der Waals surface area contributed by atoms with Crippen molar-refractivity contribution in [2.24, 2.45) is 21.5 Å². The number of amides is 1. The number of anilines is 3. The molecule has 8 heteroatoms. The summed E-state index contributed by atoms with van der Waals surface area (Å²) in [5, 5.41) is 5.98. The number of rotatable bonds is 1. The zero-order chi connectivity index (χ0) is 16.7. The van der Waals surface area contributed by atoms with Gasteiger partial charge in [0.1, 0.15) is 5.66 Å². The highest BCUT2D eigenvalue weighted by Crippen LogP contribution is 2.41. The predicted octanol–water partition coefficient (Wildman–Crippen LogP) is 1.16. The lowest BCUT2D eigenvalue weighted by Crippen LogP contribution is -2.58. The summed E-state index contributed by atoms with van der Waals surface area (Å²) in [6, 6.07) is 5.82. The number of guanidine groups is 2. The Labute approximate surface area is 140 Å². The number of nitrogens with zero attached hydrogens (tertiary/aromatic N) is 3. The Balaban J connectivity index is 1.77. The summed E-state index contributed by atoms with van der Waals surface area (Å²) in [6.45, 7) is 0.282. The Morgan fingerprint density at radius 3 is 2.71 bits per heavy atom. The second-order valence-corrected chi connectivity index (χ2v) is 6.45. The number of hydrogen-bond donors (Lipinski definition) is 4. The quantitative estimate of drug-likeness (QED) is 0.617. The van der Waals surface area contributed by atoms with Crippen molar-refractivity contribution in [3.8, 4) is 0 Å². The molecule has 0 aromatic heterocycles. The van der Waals surface area contributed by atoms with E-state index in [0.717, 1.165) is 42.7 Å². The maximum atomic E-state index is 11.6. The van der Waals surface area contributed by atoms with Crippen molar-refractivity contribution in [2.45, 2.75) is 37.8 Å². The van der Waals surface area contributed by atoms with Gasteiger partial charge in [0.25, 0.3) is 0 Å². The molecular formula is C16H21N7O. The number of fused-ring (bicyclic) bond motifs is 1. The number of carbonyl (C=O) groups excluding carboxylic acids is 1. The molecule has 126 valence electrons. The maximum Gasteiger partial charge on any atom is 0.243 e. The van der Waals surface area contributed by atoms with Crippen LogP contribution in [0.2, 0.25) is 0 Å². The van der Waals surface area contributed by atoms with Crippen LogP contribution in [0.25, 0.3) is 0 Å². The number of hydrogen-bond acceptors (Lipinski definition) is 7. The molecule has 24 heavy (non-hydrogen) atoms. The van der Waals surface area contributed by atoms with Gasteiger partial charge in [-0.05, 0) is 43.9 Å². The van der Waals surface area contributed by atoms with Crippen molar-refractivity contribution in [2.75, 3.05) is 22.1 Å². The Morgan fingerprint density at radius 1 is 1.12 bits per heavy atom. The molecule has 1 spiro atoms. The van der Waals surface area contributed by atoms with Gasteiger partial charge in [0, 0.05) is 5.69 Å². The Morgan fingerprint density at radius 2 is 1.92 bits per heavy atom. The van der Waals surface area contributed by atoms with E-state index in [1.165, 1.54) is 6.42 Å². The molecule has 6 N–H and O–H groups in total. The van der Waals surface area contributed by atoms with E-state index in [-0.39, 0.29) is 18.4 Å². The van der Waals surface area contributed by atoms with E-state index in [0.29, 0.717) is 5.96 Å². The van der Waals surface area contributed by atoms with Gasteiger partial charge in [-0.1, -0.05) is 6.42 Å². The largest absolute Gasteiger partial charge is 0.374 e. The third-order valence-electron chi connectivity index (χ3n) is 4.83. The average Bonchev–Trinajstić information content (AvgIpc) is 2.54. The van der Waals surface area contributed by atoms with Gasteiger partial charge >= 0.3 is 0 Å². The molecule has 0 unspecified atom stereocenters. The molecule has 8 nitrogen and oxygen atoms in total. The van der Waals surface area contributed by atoms with Gasteiger partial charge in [-0.25, -0.2) is 4.99 Å². The van der Waals surface area contributed by atoms with Crippen LogP contribution in [0.15, 0.2) is 28.2 Å². The molecule has 1 aromatic rings. The van der Waals surface area contributed by atoms with Gasteiger partial charge in [0.05, 0.1) is 17.9 Å². The maximum absolute atomic E-state index is 11.6. The van der Waals surface area contributed by atoms with Crippen LogP contribution in [0, 0.1) is 0 Å². The summed E-state index contributed by atoms with van der Waals surface area (Å²) in [6.07, 6.45) is 5.09. The van der Waals surface area contributed by atoms with Crippen LogP contribution in [0.4, 0.5) is 17.1 Å². The molecule has 0 radical (unpaired) electrons. The van der Waals surface area contributed by atoms with E-state index in [2.05, 4.69) is 20.6 Å². The summed E-state index contributed by atoms with van der Waals surface area (Å²) in [4.78, 5) is 22.4. The van der Waals surface area contributed by atoms with E-state index in [1.54, 1.807) is 0 Å².